The van der Waals surface area contributed by atoms with Gasteiger partial charge in [-0.3, -0.25) is 14.4 Å². The van der Waals surface area contributed by atoms with Crippen LogP contribution >= 0.6 is 0 Å². The van der Waals surface area contributed by atoms with Crippen LogP contribution in [0.25, 0.3) is 0 Å². The van der Waals surface area contributed by atoms with Crippen LogP contribution in [0, 0.1) is 5.92 Å². The van der Waals surface area contributed by atoms with E-state index in [2.05, 4.69) is 10.1 Å². The molecule has 0 bridgehead atoms. The van der Waals surface area contributed by atoms with E-state index < -0.39 is 47.6 Å². The van der Waals surface area contributed by atoms with Crippen molar-refractivity contribution in [3.05, 3.63) is 71.8 Å². The molecule has 0 unspecified atom stereocenters. The summed E-state index contributed by atoms with van der Waals surface area (Å²) in [6, 6.07) is 16.6. The van der Waals surface area contributed by atoms with Crippen molar-refractivity contribution in [1.29, 1.82) is 0 Å². The third-order valence-corrected chi connectivity index (χ3v) is 5.42. The molecule has 0 aliphatic rings. The third-order valence-electron chi connectivity index (χ3n) is 5.42. The molecule has 32 heavy (non-hydrogen) atoms. The van der Waals surface area contributed by atoms with Crippen LogP contribution in [-0.2, 0) is 38.8 Å². The van der Waals surface area contributed by atoms with Crippen molar-refractivity contribution in [1.82, 2.24) is 5.32 Å². The van der Waals surface area contributed by atoms with Gasteiger partial charge in [-0.05, 0) is 18.1 Å². The molecule has 0 saturated carbocycles. The molecule has 0 aromatic heterocycles. The Morgan fingerprint density at radius 2 is 1.25 bits per heavy atom. The maximum atomic E-state index is 13.7. The molecule has 0 aliphatic carbocycles. The van der Waals surface area contributed by atoms with Crippen LogP contribution in [0.15, 0.2) is 60.7 Å². The maximum absolute atomic E-state index is 13.7. The topological polar surface area (TPSA) is 108 Å². The smallest absolute Gasteiger partial charge is 0.329 e. The number of benzene rings is 2. The molecule has 0 aliphatic heterocycles. The second-order valence-electron chi connectivity index (χ2n) is 7.24. The molecule has 0 radical (unpaired) electrons. The van der Waals surface area contributed by atoms with Gasteiger partial charge in [-0.15, -0.1) is 0 Å². The monoisotopic (exact) mass is 441 g/mol. The number of esters is 3. The van der Waals surface area contributed by atoms with Crippen molar-refractivity contribution < 1.29 is 33.4 Å². The van der Waals surface area contributed by atoms with Gasteiger partial charge in [0.05, 0.1) is 39.1 Å². The number of nitrogens with one attached hydrogen (secondary N) is 1. The Bertz CT molecular complexity index is 904. The molecular formula is C24H27NO7. The highest BCUT2D eigenvalue weighted by molar-refractivity contribution is 5.96. The standard InChI is InChI=1S/C24H27NO7/c1-24(16-11-7-5-8-12-16,17-13-9-6-10-14-17)23(29)25-20(22(28)32-4)18(21(27)31-3)15-19(26)30-2/h5-14,18,20H,15H2,1-4H3,(H,25,29)/t18-,20-/m0/s1. The maximum Gasteiger partial charge on any atom is 0.329 e. The zero-order chi connectivity index (χ0) is 23.7. The molecule has 0 saturated heterocycles. The first-order chi connectivity index (χ1) is 15.3. The van der Waals surface area contributed by atoms with Crippen molar-refractivity contribution in [2.45, 2.75) is 24.8 Å². The minimum atomic E-state index is -1.47. The Hall–Kier alpha value is -3.68. The van der Waals surface area contributed by atoms with Crippen LogP contribution in [0.4, 0.5) is 0 Å². The predicted octanol–water partition coefficient (Wildman–Crippen LogP) is 2.00. The highest BCUT2D eigenvalue weighted by atomic mass is 16.5. The van der Waals surface area contributed by atoms with Crippen molar-refractivity contribution in [2.24, 2.45) is 5.92 Å². The van der Waals surface area contributed by atoms with Crippen LogP contribution in [0.5, 0.6) is 0 Å². The molecular weight excluding hydrogens is 414 g/mol. The van der Waals surface area contributed by atoms with Gasteiger partial charge in [-0.2, -0.15) is 0 Å². The van der Waals surface area contributed by atoms with Gasteiger partial charge in [0.2, 0.25) is 5.91 Å². The van der Waals surface area contributed by atoms with E-state index in [1.54, 1.807) is 55.5 Å². The molecule has 1 amide bonds. The normalized spacial score (nSPS) is 12.8. The minimum Gasteiger partial charge on any atom is -0.469 e. The van der Waals surface area contributed by atoms with Gasteiger partial charge < -0.3 is 19.5 Å². The van der Waals surface area contributed by atoms with Gasteiger partial charge in [0.25, 0.3) is 0 Å². The first kappa shape index (κ1) is 24.6. The Balaban J connectivity index is 2.52. The van der Waals surface area contributed by atoms with E-state index >= 15 is 0 Å². The highest BCUT2D eigenvalue weighted by Crippen LogP contribution is 2.33. The lowest BCUT2D eigenvalue weighted by molar-refractivity contribution is -0.159. The predicted molar refractivity (Wildman–Crippen MR) is 115 cm³/mol. The van der Waals surface area contributed by atoms with Crippen LogP contribution in [0.2, 0.25) is 0 Å². The van der Waals surface area contributed by atoms with E-state index in [-0.39, 0.29) is 0 Å². The largest absolute Gasteiger partial charge is 0.469 e. The Kier molecular flexibility index (Phi) is 8.52. The second kappa shape index (κ2) is 11.1. The number of amides is 1. The van der Waals surface area contributed by atoms with E-state index in [0.29, 0.717) is 11.1 Å². The van der Waals surface area contributed by atoms with Gasteiger partial charge in [-0.25, -0.2) is 4.79 Å². The summed E-state index contributed by atoms with van der Waals surface area (Å²) in [5.74, 6) is -4.37. The summed E-state index contributed by atoms with van der Waals surface area (Å²) in [5.41, 5.74) is 0.144. The van der Waals surface area contributed by atoms with Crippen LogP contribution < -0.4 is 5.32 Å². The Morgan fingerprint density at radius 1 is 0.781 bits per heavy atom. The molecule has 2 aromatic rings. The number of ether oxygens (including phenoxy) is 3. The SMILES string of the molecule is COC(=O)C[C@H](C(=O)OC)[C@H](NC(=O)C(C)(c1ccccc1)c1ccccc1)C(=O)OC. The van der Waals surface area contributed by atoms with Gasteiger partial charge in [0.15, 0.2) is 0 Å². The minimum absolute atomic E-state index is 0.476. The fourth-order valence-corrected chi connectivity index (χ4v) is 3.46. The molecule has 1 N–H and O–H groups in total. The number of rotatable bonds is 9. The van der Waals surface area contributed by atoms with Crippen LogP contribution in [-0.4, -0.2) is 51.2 Å². The fraction of sp³-hybridized carbons (Fsp3) is 0.333. The van der Waals surface area contributed by atoms with Gasteiger partial charge in [-0.1, -0.05) is 60.7 Å². The third kappa shape index (κ3) is 5.32. The van der Waals surface area contributed by atoms with Gasteiger partial charge >= 0.3 is 17.9 Å². The lowest BCUT2D eigenvalue weighted by Crippen LogP contribution is -2.55. The van der Waals surface area contributed by atoms with Gasteiger partial charge in [0.1, 0.15) is 6.04 Å². The molecule has 0 heterocycles. The molecule has 2 atom stereocenters. The molecule has 0 fully saturated rings. The van der Waals surface area contributed by atoms with Crippen molar-refractivity contribution in [2.75, 3.05) is 21.3 Å². The molecule has 170 valence electrons. The first-order valence-corrected chi connectivity index (χ1v) is 9.94. The Labute approximate surface area is 186 Å². The summed E-state index contributed by atoms with van der Waals surface area (Å²) in [6.45, 7) is 1.72. The second-order valence-corrected chi connectivity index (χ2v) is 7.24. The summed E-state index contributed by atoms with van der Waals surface area (Å²) < 4.78 is 14.2. The van der Waals surface area contributed by atoms with E-state index in [0.717, 1.165) is 21.3 Å². The number of methoxy groups -OCH3 is 3. The molecule has 8 nitrogen and oxygen atoms in total. The number of carbonyl (C=O) groups excluding carboxylic acids is 4. The van der Waals surface area contributed by atoms with Crippen molar-refractivity contribution in [3.8, 4) is 0 Å². The van der Waals surface area contributed by atoms with Crippen molar-refractivity contribution in [3.63, 3.8) is 0 Å². The van der Waals surface area contributed by atoms with E-state index in [4.69, 9.17) is 9.47 Å². The summed E-state index contributed by atoms with van der Waals surface area (Å²) in [4.78, 5) is 50.6. The summed E-state index contributed by atoms with van der Waals surface area (Å²) >= 11 is 0. The summed E-state index contributed by atoms with van der Waals surface area (Å²) in [7, 11) is 3.41. The average Bonchev–Trinajstić information content (AvgIpc) is 2.85. The lowest BCUT2D eigenvalue weighted by atomic mass is 9.75. The molecule has 2 rings (SSSR count). The molecule has 2 aromatic carbocycles. The number of carbonyl (C=O) groups is 4. The summed E-state index contributed by atoms with van der Waals surface area (Å²) in [5, 5.41) is 2.63. The lowest BCUT2D eigenvalue weighted by Gasteiger charge is -2.32. The van der Waals surface area contributed by atoms with Crippen LogP contribution in [0.3, 0.4) is 0 Å². The van der Waals surface area contributed by atoms with E-state index in [1.807, 2.05) is 12.1 Å². The van der Waals surface area contributed by atoms with E-state index in [9.17, 15) is 19.2 Å². The van der Waals surface area contributed by atoms with Crippen LogP contribution in [0.1, 0.15) is 24.5 Å². The first-order valence-electron chi connectivity index (χ1n) is 9.94. The number of hydrogen-bond donors (Lipinski definition) is 1. The average molecular weight is 441 g/mol. The highest BCUT2D eigenvalue weighted by Gasteiger charge is 2.43. The zero-order valence-corrected chi connectivity index (χ0v) is 18.5. The zero-order valence-electron chi connectivity index (χ0n) is 18.5. The number of hydrogen-bond acceptors (Lipinski definition) is 7. The van der Waals surface area contributed by atoms with Gasteiger partial charge in [0, 0.05) is 0 Å². The molecule has 0 spiro atoms. The van der Waals surface area contributed by atoms with E-state index in [1.165, 1.54) is 0 Å². The summed E-state index contributed by atoms with van der Waals surface area (Å²) in [6.07, 6.45) is -0.476. The quantitative estimate of drug-likeness (QED) is 0.468. The van der Waals surface area contributed by atoms with Crippen molar-refractivity contribution >= 4 is 23.8 Å². The fourth-order valence-electron chi connectivity index (χ4n) is 3.46. The Morgan fingerprint density at radius 3 is 1.66 bits per heavy atom. The molecule has 8 heteroatoms.